The van der Waals surface area contributed by atoms with Crippen LogP contribution in [-0.4, -0.2) is 36.9 Å². The maximum absolute atomic E-state index is 12.8. The zero-order valence-electron chi connectivity index (χ0n) is 13.5. The number of rotatable bonds is 4. The van der Waals surface area contributed by atoms with E-state index in [1.807, 2.05) is 12.1 Å². The lowest BCUT2D eigenvalue weighted by molar-refractivity contribution is -0.149. The highest BCUT2D eigenvalue weighted by atomic mass is 32.2. The fourth-order valence-corrected chi connectivity index (χ4v) is 5.50. The van der Waals surface area contributed by atoms with Crippen LogP contribution in [0.5, 0.6) is 0 Å². The van der Waals surface area contributed by atoms with Crippen molar-refractivity contribution >= 4 is 16.0 Å². The van der Waals surface area contributed by atoms with Crippen LogP contribution in [0.1, 0.15) is 44.6 Å². The molecule has 1 aromatic rings. The van der Waals surface area contributed by atoms with Gasteiger partial charge in [0.25, 0.3) is 0 Å². The van der Waals surface area contributed by atoms with E-state index < -0.39 is 21.4 Å². The molecule has 0 amide bonds. The smallest absolute Gasteiger partial charge is 0.311 e. The zero-order chi connectivity index (χ0) is 16.8. The lowest BCUT2D eigenvalue weighted by Gasteiger charge is -2.23. The molecule has 1 aliphatic carbocycles. The standard InChI is InChI=1S/C17H23NO4S/c1-12(2)13-5-7-15(8-6-13)23(21,22)18-10-14-4-3-9-17(14,11-18)16(19)20/h5-8,12,14H,3-4,9-11H2,1-2H3,(H,19,20)/t14-,17+/m0/s1. The van der Waals surface area contributed by atoms with Crippen molar-refractivity contribution in [3.8, 4) is 0 Å². The molecule has 2 fully saturated rings. The van der Waals surface area contributed by atoms with Crippen molar-refractivity contribution in [1.82, 2.24) is 4.31 Å². The van der Waals surface area contributed by atoms with E-state index in [0.29, 0.717) is 18.9 Å². The first-order valence-corrected chi connectivity index (χ1v) is 9.55. The van der Waals surface area contributed by atoms with Gasteiger partial charge in [0.1, 0.15) is 0 Å². The summed E-state index contributed by atoms with van der Waals surface area (Å²) in [4.78, 5) is 12.0. The van der Waals surface area contributed by atoms with Gasteiger partial charge in [-0.25, -0.2) is 8.42 Å². The maximum Gasteiger partial charge on any atom is 0.311 e. The summed E-state index contributed by atoms with van der Waals surface area (Å²) in [6, 6.07) is 6.93. The molecule has 5 nitrogen and oxygen atoms in total. The van der Waals surface area contributed by atoms with E-state index in [1.54, 1.807) is 12.1 Å². The predicted octanol–water partition coefficient (Wildman–Crippen LogP) is 2.69. The number of fused-ring (bicyclic) bond motifs is 1. The Morgan fingerprint density at radius 3 is 2.48 bits per heavy atom. The Hall–Kier alpha value is -1.40. The first-order chi connectivity index (χ1) is 10.8. The van der Waals surface area contributed by atoms with Gasteiger partial charge in [-0.15, -0.1) is 0 Å². The number of benzene rings is 1. The van der Waals surface area contributed by atoms with Crippen LogP contribution in [0.3, 0.4) is 0 Å². The number of hydrogen-bond donors (Lipinski definition) is 1. The SMILES string of the molecule is CC(C)c1ccc(S(=O)(=O)N2C[C@@H]3CCC[C@@]3(C(=O)O)C2)cc1. The van der Waals surface area contributed by atoms with Crippen LogP contribution >= 0.6 is 0 Å². The molecule has 1 aromatic carbocycles. The Morgan fingerprint density at radius 1 is 1.30 bits per heavy atom. The molecule has 1 saturated carbocycles. The molecule has 0 spiro atoms. The van der Waals surface area contributed by atoms with Gasteiger partial charge in [-0.1, -0.05) is 32.4 Å². The van der Waals surface area contributed by atoms with Crippen molar-refractivity contribution in [3.05, 3.63) is 29.8 Å². The van der Waals surface area contributed by atoms with Crippen molar-refractivity contribution in [2.24, 2.45) is 11.3 Å². The average Bonchev–Trinajstić information content (AvgIpc) is 3.05. The summed E-state index contributed by atoms with van der Waals surface area (Å²) in [7, 11) is -3.62. The third-order valence-electron chi connectivity index (χ3n) is 5.45. The number of hydrogen-bond acceptors (Lipinski definition) is 3. The van der Waals surface area contributed by atoms with Gasteiger partial charge in [-0.3, -0.25) is 4.79 Å². The Morgan fingerprint density at radius 2 is 1.96 bits per heavy atom. The molecule has 0 radical (unpaired) electrons. The largest absolute Gasteiger partial charge is 0.481 e. The molecule has 6 heteroatoms. The number of carboxylic acid groups (broad SMARTS) is 1. The van der Waals surface area contributed by atoms with Crippen molar-refractivity contribution in [3.63, 3.8) is 0 Å². The monoisotopic (exact) mass is 337 g/mol. The fraction of sp³-hybridized carbons (Fsp3) is 0.588. The van der Waals surface area contributed by atoms with Crippen LogP contribution in [0.15, 0.2) is 29.2 Å². The molecule has 0 bridgehead atoms. The highest BCUT2D eigenvalue weighted by Gasteiger charge is 2.57. The molecule has 23 heavy (non-hydrogen) atoms. The predicted molar refractivity (Wildman–Crippen MR) is 86.7 cm³/mol. The van der Waals surface area contributed by atoms with Crippen molar-refractivity contribution in [2.75, 3.05) is 13.1 Å². The van der Waals surface area contributed by atoms with Crippen LogP contribution in [0.4, 0.5) is 0 Å². The molecular formula is C17H23NO4S. The summed E-state index contributed by atoms with van der Waals surface area (Å²) in [6.45, 7) is 4.53. The minimum Gasteiger partial charge on any atom is -0.481 e. The lowest BCUT2D eigenvalue weighted by Crippen LogP contribution is -2.37. The molecule has 1 saturated heterocycles. The molecule has 2 aliphatic rings. The van der Waals surface area contributed by atoms with Crippen molar-refractivity contribution < 1.29 is 18.3 Å². The molecule has 1 heterocycles. The van der Waals surface area contributed by atoms with E-state index in [1.165, 1.54) is 4.31 Å². The maximum atomic E-state index is 12.8. The Balaban J connectivity index is 1.88. The summed E-state index contributed by atoms with van der Waals surface area (Å²) in [5.74, 6) is -0.578. The second-order valence-electron chi connectivity index (χ2n) is 7.07. The fourth-order valence-electron chi connectivity index (χ4n) is 3.95. The minimum atomic E-state index is -3.62. The molecule has 1 N–H and O–H groups in total. The van der Waals surface area contributed by atoms with E-state index >= 15 is 0 Å². The molecule has 1 aliphatic heterocycles. The Labute approximate surface area is 137 Å². The van der Waals surface area contributed by atoms with Crippen LogP contribution in [0, 0.1) is 11.3 Å². The topological polar surface area (TPSA) is 74.7 Å². The van der Waals surface area contributed by atoms with Crippen LogP contribution in [0.2, 0.25) is 0 Å². The minimum absolute atomic E-state index is 0.0651. The normalized spacial score (nSPS) is 28.2. The number of nitrogens with zero attached hydrogens (tertiary/aromatic N) is 1. The summed E-state index contributed by atoms with van der Waals surface area (Å²) in [5, 5.41) is 9.60. The van der Waals surface area contributed by atoms with Crippen LogP contribution < -0.4 is 0 Å². The molecular weight excluding hydrogens is 314 g/mol. The van der Waals surface area contributed by atoms with E-state index in [9.17, 15) is 18.3 Å². The van der Waals surface area contributed by atoms with Gasteiger partial charge in [-0.2, -0.15) is 4.31 Å². The second kappa shape index (κ2) is 5.60. The number of sulfonamides is 1. The van der Waals surface area contributed by atoms with Crippen molar-refractivity contribution in [2.45, 2.75) is 43.9 Å². The van der Waals surface area contributed by atoms with E-state index in [0.717, 1.165) is 18.4 Å². The quantitative estimate of drug-likeness (QED) is 0.916. The first-order valence-electron chi connectivity index (χ1n) is 8.11. The number of carbonyl (C=O) groups is 1. The van der Waals surface area contributed by atoms with Gasteiger partial charge < -0.3 is 5.11 Å². The highest BCUT2D eigenvalue weighted by molar-refractivity contribution is 7.89. The number of aliphatic carboxylic acids is 1. The molecule has 0 aromatic heterocycles. The average molecular weight is 337 g/mol. The van der Waals surface area contributed by atoms with Crippen LogP contribution in [0.25, 0.3) is 0 Å². The molecule has 126 valence electrons. The van der Waals surface area contributed by atoms with Crippen LogP contribution in [-0.2, 0) is 14.8 Å². The van der Waals surface area contributed by atoms with E-state index in [4.69, 9.17) is 0 Å². The molecule has 2 atom stereocenters. The summed E-state index contributed by atoms with van der Waals surface area (Å²) in [6.07, 6.45) is 2.24. The summed E-state index contributed by atoms with van der Waals surface area (Å²) >= 11 is 0. The van der Waals surface area contributed by atoms with Gasteiger partial charge in [0.15, 0.2) is 0 Å². The van der Waals surface area contributed by atoms with E-state index in [2.05, 4.69) is 13.8 Å². The van der Waals surface area contributed by atoms with Crippen molar-refractivity contribution in [1.29, 1.82) is 0 Å². The summed E-state index contributed by atoms with van der Waals surface area (Å²) in [5.41, 5.74) is 0.203. The van der Waals surface area contributed by atoms with Gasteiger partial charge in [0.05, 0.1) is 10.3 Å². The van der Waals surface area contributed by atoms with Gasteiger partial charge >= 0.3 is 5.97 Å². The lowest BCUT2D eigenvalue weighted by atomic mass is 9.81. The second-order valence-corrected chi connectivity index (χ2v) is 9.01. The summed E-state index contributed by atoms with van der Waals surface area (Å²) < 4.78 is 27.1. The number of carboxylic acids is 1. The molecule has 0 unspecified atom stereocenters. The highest BCUT2D eigenvalue weighted by Crippen LogP contribution is 2.50. The Bertz CT molecular complexity index is 711. The first kappa shape index (κ1) is 16.5. The zero-order valence-corrected chi connectivity index (χ0v) is 14.3. The Kier molecular flexibility index (Phi) is 4.01. The van der Waals surface area contributed by atoms with Gasteiger partial charge in [0, 0.05) is 13.1 Å². The third-order valence-corrected chi connectivity index (χ3v) is 7.28. The van der Waals surface area contributed by atoms with Gasteiger partial charge in [-0.05, 0) is 42.4 Å². The third kappa shape index (κ3) is 2.58. The van der Waals surface area contributed by atoms with Gasteiger partial charge in [0.2, 0.25) is 10.0 Å². The molecule has 3 rings (SSSR count). The van der Waals surface area contributed by atoms with E-state index in [-0.39, 0.29) is 17.4 Å².